The quantitative estimate of drug-likeness (QED) is 0.769. The molecule has 0 unspecified atom stereocenters. The molecule has 0 bridgehead atoms. The largest absolute Gasteiger partial charge is 0.478 e. The fourth-order valence-electron chi connectivity index (χ4n) is 3.99. The smallest absolute Gasteiger partial charge is 0.335 e. The molecule has 138 valence electrons. The lowest BCUT2D eigenvalue weighted by Crippen LogP contribution is -2.39. The fourth-order valence-corrected chi connectivity index (χ4v) is 3.99. The Morgan fingerprint density at radius 3 is 2.59 bits per heavy atom. The maximum Gasteiger partial charge on any atom is 0.335 e. The Morgan fingerprint density at radius 2 is 1.85 bits per heavy atom. The average molecular weight is 362 g/mol. The zero-order valence-corrected chi connectivity index (χ0v) is 15.3. The summed E-state index contributed by atoms with van der Waals surface area (Å²) < 4.78 is 2.02. The molecule has 1 aliphatic rings. The van der Waals surface area contributed by atoms with Crippen LogP contribution in [0.1, 0.15) is 45.0 Å². The van der Waals surface area contributed by atoms with Gasteiger partial charge in [-0.05, 0) is 48.7 Å². The van der Waals surface area contributed by atoms with Crippen LogP contribution in [0, 0.1) is 0 Å². The third kappa shape index (κ3) is 3.21. The van der Waals surface area contributed by atoms with Crippen molar-refractivity contribution in [2.45, 2.75) is 18.8 Å². The zero-order chi connectivity index (χ0) is 19.0. The van der Waals surface area contributed by atoms with Gasteiger partial charge < -0.3 is 14.6 Å². The molecule has 1 N–H and O–H groups in total. The molecule has 3 aromatic rings. The van der Waals surface area contributed by atoms with Crippen LogP contribution < -0.4 is 0 Å². The van der Waals surface area contributed by atoms with E-state index in [0.29, 0.717) is 12.1 Å². The van der Waals surface area contributed by atoms with Crippen molar-refractivity contribution < 1.29 is 14.7 Å². The van der Waals surface area contributed by atoms with E-state index in [9.17, 15) is 9.59 Å². The number of fused-ring (bicyclic) bond motifs is 1. The molecule has 27 heavy (non-hydrogen) atoms. The Kier molecular flexibility index (Phi) is 4.44. The van der Waals surface area contributed by atoms with Gasteiger partial charge in [0.25, 0.3) is 5.91 Å². The molecule has 1 fully saturated rings. The molecule has 1 aliphatic heterocycles. The number of aryl methyl sites for hydroxylation is 1. The van der Waals surface area contributed by atoms with Gasteiger partial charge in [-0.2, -0.15) is 0 Å². The molecule has 0 spiro atoms. The van der Waals surface area contributed by atoms with Crippen LogP contribution in [0.2, 0.25) is 0 Å². The summed E-state index contributed by atoms with van der Waals surface area (Å²) in [6.45, 7) is 1.42. The van der Waals surface area contributed by atoms with Crippen molar-refractivity contribution in [3.8, 4) is 0 Å². The van der Waals surface area contributed by atoms with Gasteiger partial charge in [0.2, 0.25) is 0 Å². The monoisotopic (exact) mass is 362 g/mol. The Balaban J connectivity index is 1.57. The van der Waals surface area contributed by atoms with E-state index in [-0.39, 0.29) is 11.8 Å². The molecular formula is C22H22N2O3. The number of hydrogen-bond donors (Lipinski definition) is 1. The highest BCUT2D eigenvalue weighted by molar-refractivity contribution is 6.06. The highest BCUT2D eigenvalue weighted by Crippen LogP contribution is 2.29. The fraction of sp³-hybridized carbons (Fsp3) is 0.273. The third-order valence-electron chi connectivity index (χ3n) is 5.50. The summed E-state index contributed by atoms with van der Waals surface area (Å²) in [5.41, 5.74) is 3.18. The minimum atomic E-state index is -0.919. The minimum Gasteiger partial charge on any atom is -0.478 e. The SMILES string of the molecule is Cn1ccc2c(C(=O)N3CCC[C@H](c4ccc(C(=O)O)cc4)C3)cccc21. The van der Waals surface area contributed by atoms with E-state index in [1.165, 1.54) is 0 Å². The van der Waals surface area contributed by atoms with Crippen LogP contribution in [-0.2, 0) is 7.05 Å². The second kappa shape index (κ2) is 6.91. The van der Waals surface area contributed by atoms with Gasteiger partial charge in [0.05, 0.1) is 5.56 Å². The van der Waals surface area contributed by atoms with Gasteiger partial charge >= 0.3 is 5.97 Å². The number of amides is 1. The predicted octanol–water partition coefficient (Wildman–Crippen LogP) is 3.90. The highest BCUT2D eigenvalue weighted by Gasteiger charge is 2.26. The lowest BCUT2D eigenvalue weighted by atomic mass is 9.89. The summed E-state index contributed by atoms with van der Waals surface area (Å²) in [6, 6.07) is 14.9. The molecule has 0 aliphatic carbocycles. The van der Waals surface area contributed by atoms with Gasteiger partial charge in [-0.1, -0.05) is 18.2 Å². The molecule has 1 amide bonds. The van der Waals surface area contributed by atoms with Crippen molar-refractivity contribution in [2.75, 3.05) is 13.1 Å². The first-order valence-corrected chi connectivity index (χ1v) is 9.21. The molecule has 5 heteroatoms. The van der Waals surface area contributed by atoms with Gasteiger partial charge in [0.15, 0.2) is 0 Å². The second-order valence-electron chi connectivity index (χ2n) is 7.18. The maximum absolute atomic E-state index is 13.2. The lowest BCUT2D eigenvalue weighted by Gasteiger charge is -2.33. The van der Waals surface area contributed by atoms with Crippen LogP contribution in [0.4, 0.5) is 0 Å². The van der Waals surface area contributed by atoms with Crippen molar-refractivity contribution in [2.24, 2.45) is 7.05 Å². The Hall–Kier alpha value is -3.08. The van der Waals surface area contributed by atoms with Crippen LogP contribution in [0.3, 0.4) is 0 Å². The molecule has 1 atom stereocenters. The molecule has 1 saturated heterocycles. The van der Waals surface area contributed by atoms with Crippen LogP contribution in [-0.4, -0.2) is 39.5 Å². The average Bonchev–Trinajstić information content (AvgIpc) is 3.09. The number of carbonyl (C=O) groups is 2. The number of carboxylic acid groups (broad SMARTS) is 1. The molecule has 4 rings (SSSR count). The van der Waals surface area contributed by atoms with Crippen LogP contribution in [0.25, 0.3) is 10.9 Å². The number of nitrogens with zero attached hydrogens (tertiary/aromatic N) is 2. The number of hydrogen-bond acceptors (Lipinski definition) is 2. The summed E-state index contributed by atoms with van der Waals surface area (Å²) in [5.74, 6) is -0.614. The van der Waals surface area contributed by atoms with E-state index in [0.717, 1.165) is 41.4 Å². The lowest BCUT2D eigenvalue weighted by molar-refractivity contribution is 0.0694. The summed E-state index contributed by atoms with van der Waals surface area (Å²) in [5, 5.41) is 10.0. The highest BCUT2D eigenvalue weighted by atomic mass is 16.4. The van der Waals surface area contributed by atoms with Gasteiger partial charge in [-0.15, -0.1) is 0 Å². The number of likely N-dealkylation sites (tertiary alicyclic amines) is 1. The van der Waals surface area contributed by atoms with E-state index in [2.05, 4.69) is 0 Å². The van der Waals surface area contributed by atoms with Crippen LogP contribution in [0.15, 0.2) is 54.7 Å². The Morgan fingerprint density at radius 1 is 1.07 bits per heavy atom. The molecule has 0 saturated carbocycles. The zero-order valence-electron chi connectivity index (χ0n) is 15.3. The predicted molar refractivity (Wildman–Crippen MR) is 104 cm³/mol. The summed E-state index contributed by atoms with van der Waals surface area (Å²) >= 11 is 0. The molecular weight excluding hydrogens is 340 g/mol. The second-order valence-corrected chi connectivity index (χ2v) is 7.18. The van der Waals surface area contributed by atoms with E-state index < -0.39 is 5.97 Å². The number of carboxylic acids is 1. The van der Waals surface area contributed by atoms with Crippen LogP contribution >= 0.6 is 0 Å². The summed E-state index contributed by atoms with van der Waals surface area (Å²) in [6.07, 6.45) is 3.93. The number of piperidine rings is 1. The van der Waals surface area contributed by atoms with E-state index >= 15 is 0 Å². The van der Waals surface area contributed by atoms with E-state index in [1.54, 1.807) is 12.1 Å². The first-order chi connectivity index (χ1) is 13.0. The van der Waals surface area contributed by atoms with Crippen molar-refractivity contribution in [3.05, 3.63) is 71.4 Å². The molecule has 2 aromatic carbocycles. The maximum atomic E-state index is 13.2. The minimum absolute atomic E-state index is 0.0682. The standard InChI is InChI=1S/C22H22N2O3/c1-23-13-11-18-19(5-2-6-20(18)23)21(25)24-12-3-4-17(14-24)15-7-9-16(10-8-15)22(26)27/h2,5-11,13,17H,3-4,12,14H2,1H3,(H,26,27)/t17-/m0/s1. The molecule has 0 radical (unpaired) electrons. The number of aromatic carboxylic acids is 1. The van der Waals surface area contributed by atoms with Gasteiger partial charge in [-0.25, -0.2) is 4.79 Å². The molecule has 2 heterocycles. The van der Waals surface area contributed by atoms with Gasteiger partial charge in [-0.3, -0.25) is 4.79 Å². The Bertz CT molecular complexity index is 1000. The first-order valence-electron chi connectivity index (χ1n) is 9.21. The molecule has 1 aromatic heterocycles. The van der Waals surface area contributed by atoms with E-state index in [4.69, 9.17) is 5.11 Å². The van der Waals surface area contributed by atoms with Crippen molar-refractivity contribution in [1.29, 1.82) is 0 Å². The number of aromatic nitrogens is 1. The number of rotatable bonds is 3. The molecule has 5 nitrogen and oxygen atoms in total. The van der Waals surface area contributed by atoms with E-state index in [1.807, 2.05) is 59.1 Å². The van der Waals surface area contributed by atoms with Gasteiger partial charge in [0.1, 0.15) is 0 Å². The number of carbonyl (C=O) groups excluding carboxylic acids is 1. The van der Waals surface area contributed by atoms with Gasteiger partial charge in [0, 0.05) is 48.7 Å². The summed E-state index contributed by atoms with van der Waals surface area (Å²) in [7, 11) is 1.98. The van der Waals surface area contributed by atoms with Crippen LogP contribution in [0.5, 0.6) is 0 Å². The topological polar surface area (TPSA) is 62.5 Å². The Labute approximate surface area is 157 Å². The first kappa shape index (κ1) is 17.3. The van der Waals surface area contributed by atoms with Crippen molar-refractivity contribution >= 4 is 22.8 Å². The normalized spacial score (nSPS) is 17.2. The van der Waals surface area contributed by atoms with Crippen molar-refractivity contribution in [1.82, 2.24) is 9.47 Å². The third-order valence-corrected chi connectivity index (χ3v) is 5.50. The van der Waals surface area contributed by atoms with Crippen molar-refractivity contribution in [3.63, 3.8) is 0 Å². The number of benzene rings is 2. The summed E-state index contributed by atoms with van der Waals surface area (Å²) in [4.78, 5) is 26.2.